The molecule has 1 fully saturated rings. The van der Waals surface area contributed by atoms with Crippen molar-refractivity contribution in [2.75, 3.05) is 38.4 Å². The van der Waals surface area contributed by atoms with Gasteiger partial charge in [0, 0.05) is 30.8 Å². The normalized spacial score (nSPS) is 15.1. The number of aromatic nitrogens is 2. The van der Waals surface area contributed by atoms with Crippen LogP contribution in [0.4, 0.5) is 11.8 Å². The molecule has 1 saturated heterocycles. The monoisotopic (exact) mass is 450 g/mol. The fourth-order valence-electron chi connectivity index (χ4n) is 3.49. The number of benzene rings is 1. The van der Waals surface area contributed by atoms with Gasteiger partial charge in [0.1, 0.15) is 28.6 Å². The van der Waals surface area contributed by atoms with E-state index in [1.807, 2.05) is 0 Å². The molecule has 2 aromatic rings. The number of hydrogen-bond donors (Lipinski definition) is 3. The number of carbonyl (C=O) groups is 2. The largest absolute Gasteiger partial charge is 0.497 e. The molecule has 1 atom stereocenters. The van der Waals surface area contributed by atoms with Crippen molar-refractivity contribution in [2.45, 2.75) is 18.9 Å². The zero-order valence-corrected chi connectivity index (χ0v) is 18.6. The van der Waals surface area contributed by atoms with Crippen molar-refractivity contribution < 1.29 is 19.1 Å². The first kappa shape index (κ1) is 23.4. The number of piperidine rings is 1. The van der Waals surface area contributed by atoms with Crippen LogP contribution in [0.2, 0.25) is 0 Å². The average molecular weight is 450 g/mol. The number of ether oxygens (including phenoxy) is 2. The Morgan fingerprint density at radius 1 is 1.21 bits per heavy atom. The number of carbonyl (C=O) groups excluding carboxylic acids is 2. The smallest absolute Gasteiger partial charge is 0.255 e. The van der Waals surface area contributed by atoms with E-state index in [4.69, 9.17) is 20.9 Å². The fraction of sp³-hybridized carbons (Fsp3) is 0.304. The van der Waals surface area contributed by atoms with Gasteiger partial charge in [-0.2, -0.15) is 4.98 Å². The van der Waals surface area contributed by atoms with Gasteiger partial charge >= 0.3 is 0 Å². The molecule has 33 heavy (non-hydrogen) atoms. The minimum atomic E-state index is -0.785. The molecule has 0 radical (unpaired) electrons. The third-order valence-electron chi connectivity index (χ3n) is 5.10. The van der Waals surface area contributed by atoms with E-state index in [2.05, 4.69) is 33.7 Å². The standard InChI is InChI=1S/C23H26N6O4/c1-4-19(30)29-9-5-6-15(13-29)26-23-27-18(20(22(25)31)21(24)28-23)8-7-14-10-16(32-2)12-17(11-14)33-3/h4,10-12,15H,1,5-6,9,13H2,2-3H3,(H2,25,31)(H3,24,26,27,28)/t15-/m0/s1. The number of nitrogens with zero attached hydrogens (tertiary/aromatic N) is 3. The molecule has 2 amide bonds. The number of primary amides is 1. The second-order valence-electron chi connectivity index (χ2n) is 7.34. The number of nitrogens with one attached hydrogen (secondary N) is 1. The van der Waals surface area contributed by atoms with E-state index in [0.717, 1.165) is 12.8 Å². The van der Waals surface area contributed by atoms with Crippen LogP contribution in [0.25, 0.3) is 0 Å². The number of rotatable bonds is 6. The van der Waals surface area contributed by atoms with Gasteiger partial charge in [0.2, 0.25) is 11.9 Å². The molecule has 1 aliphatic heterocycles. The number of nitrogens with two attached hydrogens (primary N) is 2. The minimum Gasteiger partial charge on any atom is -0.497 e. The summed E-state index contributed by atoms with van der Waals surface area (Å²) in [6.07, 6.45) is 2.92. The Bertz CT molecular complexity index is 1120. The topological polar surface area (TPSA) is 146 Å². The Hall–Kier alpha value is -4.26. The third kappa shape index (κ3) is 5.71. The summed E-state index contributed by atoms with van der Waals surface area (Å²) in [5, 5.41) is 3.18. The summed E-state index contributed by atoms with van der Waals surface area (Å²) < 4.78 is 10.5. The minimum absolute atomic E-state index is 0.0602. The predicted molar refractivity (Wildman–Crippen MR) is 124 cm³/mol. The zero-order valence-electron chi connectivity index (χ0n) is 18.6. The van der Waals surface area contributed by atoms with Gasteiger partial charge in [-0.05, 0) is 37.0 Å². The van der Waals surface area contributed by atoms with Crippen LogP contribution in [-0.2, 0) is 4.79 Å². The van der Waals surface area contributed by atoms with Crippen LogP contribution in [0.15, 0.2) is 30.9 Å². The van der Waals surface area contributed by atoms with Crippen LogP contribution >= 0.6 is 0 Å². The summed E-state index contributed by atoms with van der Waals surface area (Å²) in [7, 11) is 3.07. The number of hydrogen-bond acceptors (Lipinski definition) is 8. The third-order valence-corrected chi connectivity index (χ3v) is 5.10. The summed E-state index contributed by atoms with van der Waals surface area (Å²) in [5.74, 6) is 6.12. The van der Waals surface area contributed by atoms with E-state index in [1.165, 1.54) is 20.3 Å². The van der Waals surface area contributed by atoms with Crippen molar-refractivity contribution in [1.29, 1.82) is 0 Å². The van der Waals surface area contributed by atoms with E-state index in [1.54, 1.807) is 23.1 Å². The van der Waals surface area contributed by atoms with Gasteiger partial charge in [0.05, 0.1) is 14.2 Å². The molecule has 0 bridgehead atoms. The molecule has 0 spiro atoms. The Kier molecular flexibility index (Phi) is 7.35. The highest BCUT2D eigenvalue weighted by atomic mass is 16.5. The molecule has 0 aliphatic carbocycles. The van der Waals surface area contributed by atoms with Crippen LogP contribution in [0, 0.1) is 11.8 Å². The molecule has 0 unspecified atom stereocenters. The maximum absolute atomic E-state index is 12.0. The van der Waals surface area contributed by atoms with Crippen LogP contribution in [0.5, 0.6) is 11.5 Å². The van der Waals surface area contributed by atoms with Gasteiger partial charge in [0.25, 0.3) is 5.91 Å². The first-order valence-electron chi connectivity index (χ1n) is 10.2. The van der Waals surface area contributed by atoms with Crippen LogP contribution < -0.4 is 26.3 Å². The van der Waals surface area contributed by atoms with Crippen molar-refractivity contribution >= 4 is 23.6 Å². The lowest BCUT2D eigenvalue weighted by molar-refractivity contribution is -0.127. The number of anilines is 2. The predicted octanol–water partition coefficient (Wildman–Crippen LogP) is 1.16. The lowest BCUT2D eigenvalue weighted by Crippen LogP contribution is -2.44. The fourth-order valence-corrected chi connectivity index (χ4v) is 3.49. The van der Waals surface area contributed by atoms with Crippen molar-refractivity contribution in [2.24, 2.45) is 5.73 Å². The van der Waals surface area contributed by atoms with E-state index in [-0.39, 0.29) is 35.0 Å². The van der Waals surface area contributed by atoms with E-state index in [0.29, 0.717) is 30.2 Å². The Morgan fingerprint density at radius 2 is 1.91 bits per heavy atom. The first-order valence-corrected chi connectivity index (χ1v) is 10.2. The van der Waals surface area contributed by atoms with Crippen molar-refractivity contribution in [3.8, 4) is 23.3 Å². The molecule has 2 heterocycles. The first-order chi connectivity index (χ1) is 15.8. The second-order valence-corrected chi connectivity index (χ2v) is 7.34. The van der Waals surface area contributed by atoms with Gasteiger partial charge in [0.15, 0.2) is 0 Å². The lowest BCUT2D eigenvalue weighted by Gasteiger charge is -2.32. The highest BCUT2D eigenvalue weighted by molar-refractivity contribution is 5.99. The molecule has 1 aliphatic rings. The number of nitrogen functional groups attached to an aromatic ring is 1. The zero-order chi connectivity index (χ0) is 24.0. The molecule has 0 saturated carbocycles. The summed E-state index contributed by atoms with van der Waals surface area (Å²) >= 11 is 0. The van der Waals surface area contributed by atoms with E-state index >= 15 is 0 Å². The van der Waals surface area contributed by atoms with E-state index < -0.39 is 5.91 Å². The Balaban J connectivity index is 1.93. The number of likely N-dealkylation sites (tertiary alicyclic amines) is 1. The van der Waals surface area contributed by atoms with Gasteiger partial charge in [-0.3, -0.25) is 9.59 Å². The summed E-state index contributed by atoms with van der Waals surface area (Å²) in [5.41, 5.74) is 12.1. The van der Waals surface area contributed by atoms with Gasteiger partial charge in [-0.25, -0.2) is 4.98 Å². The highest BCUT2D eigenvalue weighted by Gasteiger charge is 2.24. The van der Waals surface area contributed by atoms with Crippen LogP contribution in [0.3, 0.4) is 0 Å². The van der Waals surface area contributed by atoms with Gasteiger partial charge < -0.3 is 31.2 Å². The maximum Gasteiger partial charge on any atom is 0.255 e. The van der Waals surface area contributed by atoms with Crippen LogP contribution in [0.1, 0.15) is 34.5 Å². The lowest BCUT2D eigenvalue weighted by atomic mass is 10.1. The average Bonchev–Trinajstić information content (AvgIpc) is 2.81. The number of amides is 2. The van der Waals surface area contributed by atoms with Gasteiger partial charge in [-0.1, -0.05) is 12.5 Å². The van der Waals surface area contributed by atoms with Crippen molar-refractivity contribution in [3.05, 3.63) is 47.7 Å². The maximum atomic E-state index is 12.0. The molecule has 3 rings (SSSR count). The molecule has 10 nitrogen and oxygen atoms in total. The molecule has 1 aromatic carbocycles. The molecule has 5 N–H and O–H groups in total. The molecular weight excluding hydrogens is 424 g/mol. The van der Waals surface area contributed by atoms with Crippen molar-refractivity contribution in [1.82, 2.24) is 14.9 Å². The highest BCUT2D eigenvalue weighted by Crippen LogP contribution is 2.23. The molecule has 10 heteroatoms. The van der Waals surface area contributed by atoms with Crippen LogP contribution in [-0.4, -0.2) is 60.0 Å². The summed E-state index contributed by atoms with van der Waals surface area (Å²) in [6, 6.07) is 5.06. The molecular formula is C23H26N6O4. The Morgan fingerprint density at radius 3 is 2.52 bits per heavy atom. The van der Waals surface area contributed by atoms with E-state index in [9.17, 15) is 9.59 Å². The van der Waals surface area contributed by atoms with Gasteiger partial charge in [-0.15, -0.1) is 0 Å². The SMILES string of the molecule is C=CC(=O)N1CCC[C@H](Nc2nc(N)c(C(N)=O)c(C#Cc3cc(OC)cc(OC)c3)n2)C1. The summed E-state index contributed by atoms with van der Waals surface area (Å²) in [4.78, 5) is 34.2. The molecule has 172 valence electrons. The quantitative estimate of drug-likeness (QED) is 0.439. The van der Waals surface area contributed by atoms with Crippen molar-refractivity contribution in [3.63, 3.8) is 0 Å². The summed E-state index contributed by atoms with van der Waals surface area (Å²) in [6.45, 7) is 4.66. The Labute approximate surface area is 192 Å². The molecule has 1 aromatic heterocycles. The number of methoxy groups -OCH3 is 2. The second kappa shape index (κ2) is 10.4.